The van der Waals surface area contributed by atoms with Crippen LogP contribution in [-0.2, 0) is 10.2 Å². The normalized spacial score (nSPS) is 26.4. The lowest BCUT2D eigenvalue weighted by Gasteiger charge is -2.37. The third kappa shape index (κ3) is 3.48. The van der Waals surface area contributed by atoms with Crippen molar-refractivity contribution >= 4 is 10.2 Å². The molecule has 0 aromatic heterocycles. The van der Waals surface area contributed by atoms with Crippen LogP contribution in [0.25, 0.3) is 0 Å². The SMILES string of the molecule is CNC(C)C1CCN(S(=O)(=O)N2CCCCC2)CC1. The number of nitrogens with zero attached hydrogens (tertiary/aromatic N) is 2. The summed E-state index contributed by atoms with van der Waals surface area (Å²) in [4.78, 5) is 0. The molecule has 19 heavy (non-hydrogen) atoms. The largest absolute Gasteiger partial charge is 0.317 e. The van der Waals surface area contributed by atoms with E-state index >= 15 is 0 Å². The Bertz CT molecular complexity index is 371. The summed E-state index contributed by atoms with van der Waals surface area (Å²) in [7, 11) is -1.22. The summed E-state index contributed by atoms with van der Waals surface area (Å²) in [6.45, 7) is 4.94. The van der Waals surface area contributed by atoms with Crippen LogP contribution in [0.3, 0.4) is 0 Å². The summed E-state index contributed by atoms with van der Waals surface area (Å²) >= 11 is 0. The molecule has 2 aliphatic rings. The molecular weight excluding hydrogens is 262 g/mol. The second kappa shape index (κ2) is 6.52. The fourth-order valence-electron chi connectivity index (χ4n) is 3.10. The molecule has 2 fully saturated rings. The van der Waals surface area contributed by atoms with E-state index in [0.29, 0.717) is 38.1 Å². The first-order valence-electron chi connectivity index (χ1n) is 7.48. The molecule has 0 aromatic carbocycles. The van der Waals surface area contributed by atoms with Crippen LogP contribution in [0.4, 0.5) is 0 Å². The molecule has 112 valence electrons. The molecule has 6 heteroatoms. The molecule has 1 atom stereocenters. The van der Waals surface area contributed by atoms with Gasteiger partial charge in [-0.2, -0.15) is 17.0 Å². The Morgan fingerprint density at radius 3 is 2.05 bits per heavy atom. The van der Waals surface area contributed by atoms with Crippen molar-refractivity contribution in [1.29, 1.82) is 0 Å². The molecule has 1 N–H and O–H groups in total. The third-order valence-corrected chi connectivity index (χ3v) is 6.66. The van der Waals surface area contributed by atoms with Gasteiger partial charge in [0.15, 0.2) is 0 Å². The van der Waals surface area contributed by atoms with Gasteiger partial charge in [0.25, 0.3) is 10.2 Å². The summed E-state index contributed by atoms with van der Waals surface area (Å²) < 4.78 is 28.4. The van der Waals surface area contributed by atoms with E-state index in [9.17, 15) is 8.42 Å². The summed E-state index contributed by atoms with van der Waals surface area (Å²) in [5.41, 5.74) is 0. The van der Waals surface area contributed by atoms with Gasteiger partial charge < -0.3 is 5.32 Å². The minimum Gasteiger partial charge on any atom is -0.317 e. The maximum atomic E-state index is 12.5. The number of nitrogens with one attached hydrogen (secondary N) is 1. The second-order valence-corrected chi connectivity index (χ2v) is 7.71. The smallest absolute Gasteiger partial charge is 0.281 e. The Balaban J connectivity index is 1.92. The van der Waals surface area contributed by atoms with Gasteiger partial charge in [-0.1, -0.05) is 6.42 Å². The maximum Gasteiger partial charge on any atom is 0.281 e. The van der Waals surface area contributed by atoms with Gasteiger partial charge in [-0.05, 0) is 45.6 Å². The van der Waals surface area contributed by atoms with Crippen LogP contribution in [0.15, 0.2) is 0 Å². The minimum atomic E-state index is -3.19. The summed E-state index contributed by atoms with van der Waals surface area (Å²) in [6, 6.07) is 0.472. The zero-order valence-electron chi connectivity index (χ0n) is 12.1. The van der Waals surface area contributed by atoms with Crippen molar-refractivity contribution in [2.75, 3.05) is 33.2 Å². The lowest BCUT2D eigenvalue weighted by atomic mass is 9.91. The average molecular weight is 289 g/mol. The molecule has 0 aliphatic carbocycles. The Kier molecular flexibility index (Phi) is 5.22. The van der Waals surface area contributed by atoms with Crippen LogP contribution in [0, 0.1) is 5.92 Å². The summed E-state index contributed by atoms with van der Waals surface area (Å²) in [6.07, 6.45) is 5.11. The molecule has 0 bridgehead atoms. The van der Waals surface area contributed by atoms with Crippen LogP contribution < -0.4 is 5.32 Å². The molecule has 2 aliphatic heterocycles. The van der Waals surface area contributed by atoms with Gasteiger partial charge >= 0.3 is 0 Å². The third-order valence-electron chi connectivity index (χ3n) is 4.63. The fraction of sp³-hybridized carbons (Fsp3) is 1.00. The highest BCUT2D eigenvalue weighted by Crippen LogP contribution is 2.25. The van der Waals surface area contributed by atoms with Gasteiger partial charge in [0, 0.05) is 32.2 Å². The number of piperidine rings is 2. The highest BCUT2D eigenvalue weighted by atomic mass is 32.2. The van der Waals surface area contributed by atoms with Crippen molar-refractivity contribution in [2.45, 2.75) is 45.1 Å². The van der Waals surface area contributed by atoms with Gasteiger partial charge in [0.05, 0.1) is 0 Å². The number of hydrogen-bond acceptors (Lipinski definition) is 3. The first-order chi connectivity index (χ1) is 9.05. The van der Waals surface area contributed by atoms with Gasteiger partial charge in [0.2, 0.25) is 0 Å². The predicted octanol–water partition coefficient (Wildman–Crippen LogP) is 1.04. The van der Waals surface area contributed by atoms with E-state index in [1.807, 2.05) is 7.05 Å². The lowest BCUT2D eigenvalue weighted by Crippen LogP contribution is -2.50. The second-order valence-electron chi connectivity index (χ2n) is 5.78. The monoisotopic (exact) mass is 289 g/mol. The van der Waals surface area contributed by atoms with E-state index in [1.165, 1.54) is 0 Å². The van der Waals surface area contributed by atoms with Crippen molar-refractivity contribution in [3.63, 3.8) is 0 Å². The van der Waals surface area contributed by atoms with Crippen LogP contribution >= 0.6 is 0 Å². The van der Waals surface area contributed by atoms with E-state index in [-0.39, 0.29) is 0 Å². The summed E-state index contributed by atoms with van der Waals surface area (Å²) in [5.74, 6) is 0.595. The van der Waals surface area contributed by atoms with Crippen molar-refractivity contribution in [3.05, 3.63) is 0 Å². The number of rotatable bonds is 4. The Morgan fingerprint density at radius 2 is 1.53 bits per heavy atom. The first kappa shape index (κ1) is 15.2. The fourth-order valence-corrected chi connectivity index (χ4v) is 4.82. The zero-order chi connectivity index (χ0) is 13.9. The van der Waals surface area contributed by atoms with E-state index in [0.717, 1.165) is 32.1 Å². The molecule has 2 heterocycles. The Labute approximate surface area is 117 Å². The average Bonchev–Trinajstić information content (AvgIpc) is 2.47. The van der Waals surface area contributed by atoms with Crippen LogP contribution in [0.5, 0.6) is 0 Å². The molecule has 0 amide bonds. The van der Waals surface area contributed by atoms with Crippen LogP contribution in [0.2, 0.25) is 0 Å². The van der Waals surface area contributed by atoms with Crippen LogP contribution in [-0.4, -0.2) is 56.3 Å². The van der Waals surface area contributed by atoms with Gasteiger partial charge in [0.1, 0.15) is 0 Å². The molecule has 0 spiro atoms. The lowest BCUT2D eigenvalue weighted by molar-refractivity contribution is 0.219. The molecule has 5 nitrogen and oxygen atoms in total. The summed E-state index contributed by atoms with van der Waals surface area (Å²) in [5, 5.41) is 3.27. The molecule has 2 saturated heterocycles. The van der Waals surface area contributed by atoms with E-state index in [1.54, 1.807) is 8.61 Å². The highest BCUT2D eigenvalue weighted by Gasteiger charge is 2.34. The van der Waals surface area contributed by atoms with E-state index in [4.69, 9.17) is 0 Å². The quantitative estimate of drug-likeness (QED) is 0.841. The molecular formula is C13H27N3O2S. The Hall–Kier alpha value is -0.170. The Morgan fingerprint density at radius 1 is 1.00 bits per heavy atom. The van der Waals surface area contributed by atoms with E-state index in [2.05, 4.69) is 12.2 Å². The van der Waals surface area contributed by atoms with Crippen LogP contribution in [0.1, 0.15) is 39.0 Å². The molecule has 0 saturated carbocycles. The van der Waals surface area contributed by atoms with Crippen molar-refractivity contribution in [1.82, 2.24) is 13.9 Å². The molecule has 0 aromatic rings. The van der Waals surface area contributed by atoms with Crippen molar-refractivity contribution < 1.29 is 8.42 Å². The zero-order valence-corrected chi connectivity index (χ0v) is 13.0. The predicted molar refractivity (Wildman–Crippen MR) is 77.2 cm³/mol. The molecule has 1 unspecified atom stereocenters. The molecule has 2 rings (SSSR count). The van der Waals surface area contributed by atoms with Crippen molar-refractivity contribution in [3.8, 4) is 0 Å². The van der Waals surface area contributed by atoms with E-state index < -0.39 is 10.2 Å². The van der Waals surface area contributed by atoms with Gasteiger partial charge in [-0.15, -0.1) is 0 Å². The topological polar surface area (TPSA) is 52.7 Å². The minimum absolute atomic E-state index is 0.472. The number of hydrogen-bond donors (Lipinski definition) is 1. The van der Waals surface area contributed by atoms with Gasteiger partial charge in [-0.3, -0.25) is 0 Å². The molecule has 0 radical (unpaired) electrons. The standard InChI is InChI=1S/C13H27N3O2S/c1-12(14-2)13-6-10-16(11-7-13)19(17,18)15-8-4-3-5-9-15/h12-14H,3-11H2,1-2H3. The first-order valence-corrected chi connectivity index (χ1v) is 8.88. The van der Waals surface area contributed by atoms with Crippen molar-refractivity contribution in [2.24, 2.45) is 5.92 Å². The maximum absolute atomic E-state index is 12.5. The highest BCUT2D eigenvalue weighted by molar-refractivity contribution is 7.86. The van der Waals surface area contributed by atoms with Gasteiger partial charge in [-0.25, -0.2) is 0 Å².